The van der Waals surface area contributed by atoms with Gasteiger partial charge in [-0.1, -0.05) is 42.5 Å². The Morgan fingerprint density at radius 2 is 1.96 bits per heavy atom. The zero-order chi connectivity index (χ0) is 19.1. The van der Waals surface area contributed by atoms with E-state index in [9.17, 15) is 4.79 Å². The molecule has 5 rings (SSSR count). The minimum atomic E-state index is -0.0373. The lowest BCUT2D eigenvalue weighted by Gasteiger charge is -2.14. The van der Waals surface area contributed by atoms with Crippen LogP contribution < -0.4 is 21.7 Å². The van der Waals surface area contributed by atoms with Gasteiger partial charge < -0.3 is 10.7 Å². The molecular formula is C22H21N5O. The van der Waals surface area contributed by atoms with Gasteiger partial charge in [0, 0.05) is 6.54 Å². The molecule has 1 unspecified atom stereocenters. The molecule has 1 aromatic heterocycles. The van der Waals surface area contributed by atoms with E-state index in [1.165, 1.54) is 5.56 Å². The van der Waals surface area contributed by atoms with Gasteiger partial charge in [-0.15, -0.1) is 0 Å². The van der Waals surface area contributed by atoms with E-state index >= 15 is 0 Å². The summed E-state index contributed by atoms with van der Waals surface area (Å²) in [6.45, 7) is 3.29. The highest BCUT2D eigenvalue weighted by molar-refractivity contribution is 5.71. The van der Waals surface area contributed by atoms with Gasteiger partial charge in [-0.05, 0) is 41.3 Å². The Kier molecular flexibility index (Phi) is 3.98. The maximum Gasteiger partial charge on any atom is 0.277 e. The Morgan fingerprint density at radius 3 is 2.82 bits per heavy atom. The maximum atomic E-state index is 12.7. The van der Waals surface area contributed by atoms with Crippen LogP contribution >= 0.6 is 0 Å². The molecule has 28 heavy (non-hydrogen) atoms. The number of nitrogens with zero attached hydrogens (tertiary/aromatic N) is 2. The highest BCUT2D eigenvalue weighted by Crippen LogP contribution is 2.32. The van der Waals surface area contributed by atoms with E-state index in [1.54, 1.807) is 10.9 Å². The van der Waals surface area contributed by atoms with Gasteiger partial charge >= 0.3 is 0 Å². The van der Waals surface area contributed by atoms with Crippen molar-refractivity contribution in [2.45, 2.75) is 19.5 Å². The molecule has 1 atom stereocenters. The standard InChI is InChI=1S/C22H21N5O/c1-14-18-9-8-17(11-20(18)26-25-14)16-6-4-15(5-7-16)12-27-13-24-19-3-2-10-23-21(19)22(27)28/h2-9,11,13-14,23,25-26H,10,12H2,1H3. The van der Waals surface area contributed by atoms with Crippen LogP contribution in [0.1, 0.15) is 29.8 Å². The molecule has 0 amide bonds. The fraction of sp³-hybridized carbons (Fsp3) is 0.182. The van der Waals surface area contributed by atoms with Crippen LogP contribution in [0.2, 0.25) is 0 Å². The Morgan fingerprint density at radius 1 is 1.14 bits per heavy atom. The summed E-state index contributed by atoms with van der Waals surface area (Å²) in [5, 5.41) is 3.12. The Balaban J connectivity index is 1.39. The van der Waals surface area contributed by atoms with Gasteiger partial charge in [-0.25, -0.2) is 10.4 Å². The van der Waals surface area contributed by atoms with E-state index in [2.05, 4.69) is 70.5 Å². The van der Waals surface area contributed by atoms with E-state index in [4.69, 9.17) is 0 Å². The van der Waals surface area contributed by atoms with Crippen LogP contribution in [0.25, 0.3) is 17.2 Å². The Bertz CT molecular complexity index is 1130. The molecular weight excluding hydrogens is 350 g/mol. The van der Waals surface area contributed by atoms with Crippen molar-refractivity contribution in [2.24, 2.45) is 0 Å². The molecule has 0 aliphatic carbocycles. The molecule has 0 bridgehead atoms. The second-order valence-corrected chi connectivity index (χ2v) is 7.21. The number of fused-ring (bicyclic) bond motifs is 2. The lowest BCUT2D eigenvalue weighted by molar-refractivity contribution is 0.687. The predicted octanol–water partition coefficient (Wildman–Crippen LogP) is 3.39. The van der Waals surface area contributed by atoms with Crippen LogP contribution in [0.5, 0.6) is 0 Å². The fourth-order valence-corrected chi connectivity index (χ4v) is 3.72. The number of hydrazine groups is 1. The summed E-state index contributed by atoms with van der Waals surface area (Å²) >= 11 is 0. The third-order valence-corrected chi connectivity index (χ3v) is 5.32. The first-order valence-electron chi connectivity index (χ1n) is 9.44. The highest BCUT2D eigenvalue weighted by atomic mass is 16.1. The lowest BCUT2D eigenvalue weighted by Crippen LogP contribution is -2.27. The first kappa shape index (κ1) is 16.8. The van der Waals surface area contributed by atoms with Crippen LogP contribution in [0.3, 0.4) is 0 Å². The summed E-state index contributed by atoms with van der Waals surface area (Å²) in [6, 6.07) is 15.1. The molecule has 3 aromatic rings. The molecule has 0 fully saturated rings. The summed E-state index contributed by atoms with van der Waals surface area (Å²) in [6.07, 6.45) is 5.46. The number of benzene rings is 2. The number of hydrogen-bond donors (Lipinski definition) is 3. The average molecular weight is 371 g/mol. The molecule has 6 heteroatoms. The van der Waals surface area contributed by atoms with Crippen LogP contribution in [-0.4, -0.2) is 16.1 Å². The first-order valence-corrected chi connectivity index (χ1v) is 9.44. The molecule has 2 aliphatic rings. The van der Waals surface area contributed by atoms with Crippen molar-refractivity contribution in [3.05, 3.63) is 82.0 Å². The number of rotatable bonds is 3. The molecule has 3 N–H and O–H groups in total. The number of nitrogens with one attached hydrogen (secondary N) is 3. The quantitative estimate of drug-likeness (QED) is 0.658. The third-order valence-electron chi connectivity index (χ3n) is 5.32. The minimum Gasteiger partial charge on any atom is -0.375 e. The fourth-order valence-electron chi connectivity index (χ4n) is 3.72. The lowest BCUT2D eigenvalue weighted by atomic mass is 10.00. The first-order chi connectivity index (χ1) is 13.7. The summed E-state index contributed by atoms with van der Waals surface area (Å²) in [5.41, 5.74) is 13.5. The number of hydrogen-bond acceptors (Lipinski definition) is 5. The molecule has 140 valence electrons. The summed E-state index contributed by atoms with van der Waals surface area (Å²) in [4.78, 5) is 17.0. The van der Waals surface area contributed by atoms with Gasteiger partial charge in [0.05, 0.1) is 30.3 Å². The van der Waals surface area contributed by atoms with E-state index in [1.807, 2.05) is 12.2 Å². The van der Waals surface area contributed by atoms with Gasteiger partial charge in [0.2, 0.25) is 0 Å². The molecule has 0 saturated heterocycles. The SMILES string of the molecule is CC1NNc2cc(-c3ccc(Cn4cnc5c(c4=O)NCC=C5)cc3)ccc21. The van der Waals surface area contributed by atoms with Crippen molar-refractivity contribution in [1.82, 2.24) is 15.0 Å². The van der Waals surface area contributed by atoms with Crippen LogP contribution in [0.4, 0.5) is 11.4 Å². The molecule has 2 aliphatic heterocycles. The van der Waals surface area contributed by atoms with Crippen molar-refractivity contribution in [2.75, 3.05) is 17.3 Å². The van der Waals surface area contributed by atoms with Crippen molar-refractivity contribution in [3.63, 3.8) is 0 Å². The molecule has 0 spiro atoms. The third kappa shape index (κ3) is 2.88. The minimum absolute atomic E-state index is 0.0373. The maximum absolute atomic E-state index is 12.7. The molecule has 6 nitrogen and oxygen atoms in total. The van der Waals surface area contributed by atoms with Gasteiger partial charge in [0.25, 0.3) is 5.56 Å². The van der Waals surface area contributed by atoms with Gasteiger partial charge in [0.1, 0.15) is 5.69 Å². The van der Waals surface area contributed by atoms with E-state index in [0.717, 1.165) is 22.4 Å². The van der Waals surface area contributed by atoms with Crippen molar-refractivity contribution >= 4 is 17.5 Å². The van der Waals surface area contributed by atoms with Gasteiger partial charge in [-0.2, -0.15) is 0 Å². The normalized spacial score (nSPS) is 16.8. The topological polar surface area (TPSA) is 71.0 Å². The monoisotopic (exact) mass is 371 g/mol. The van der Waals surface area contributed by atoms with Crippen molar-refractivity contribution < 1.29 is 0 Å². The van der Waals surface area contributed by atoms with Crippen LogP contribution in [0.15, 0.2) is 59.7 Å². The highest BCUT2D eigenvalue weighted by Gasteiger charge is 2.17. The Labute approximate surface area is 162 Å². The van der Waals surface area contributed by atoms with Gasteiger partial charge in [0.15, 0.2) is 0 Å². The second kappa shape index (κ2) is 6.65. The average Bonchev–Trinajstić information content (AvgIpc) is 3.11. The number of anilines is 2. The van der Waals surface area contributed by atoms with E-state index < -0.39 is 0 Å². The van der Waals surface area contributed by atoms with E-state index in [0.29, 0.717) is 30.5 Å². The van der Waals surface area contributed by atoms with Gasteiger partial charge in [-0.3, -0.25) is 9.36 Å². The molecule has 3 heterocycles. The summed E-state index contributed by atoms with van der Waals surface area (Å²) in [5.74, 6) is 0. The zero-order valence-corrected chi connectivity index (χ0v) is 15.6. The number of aromatic nitrogens is 2. The predicted molar refractivity (Wildman–Crippen MR) is 112 cm³/mol. The molecule has 0 saturated carbocycles. The second-order valence-electron chi connectivity index (χ2n) is 7.21. The van der Waals surface area contributed by atoms with Crippen molar-refractivity contribution in [3.8, 4) is 11.1 Å². The largest absolute Gasteiger partial charge is 0.375 e. The van der Waals surface area contributed by atoms with E-state index in [-0.39, 0.29) is 5.56 Å². The smallest absolute Gasteiger partial charge is 0.277 e. The van der Waals surface area contributed by atoms with Crippen LogP contribution in [0, 0.1) is 0 Å². The summed E-state index contributed by atoms with van der Waals surface area (Å²) < 4.78 is 1.65. The summed E-state index contributed by atoms with van der Waals surface area (Å²) in [7, 11) is 0. The molecule has 2 aromatic carbocycles. The van der Waals surface area contributed by atoms with Crippen molar-refractivity contribution in [1.29, 1.82) is 0 Å². The Hall–Kier alpha value is -3.38. The molecule has 0 radical (unpaired) electrons. The van der Waals surface area contributed by atoms with Crippen LogP contribution in [-0.2, 0) is 6.54 Å². The zero-order valence-electron chi connectivity index (χ0n) is 15.6.